The van der Waals surface area contributed by atoms with Gasteiger partial charge in [-0.05, 0) is 18.7 Å². The maximum absolute atomic E-state index is 12.2. The van der Waals surface area contributed by atoms with E-state index in [2.05, 4.69) is 40.4 Å². The van der Waals surface area contributed by atoms with Crippen LogP contribution in [0.2, 0.25) is 0 Å². The number of hydrogen-bond donors (Lipinski definition) is 3. The molecule has 5 nitrogen and oxygen atoms in total. The summed E-state index contributed by atoms with van der Waals surface area (Å²) in [5.41, 5.74) is 1.15. The summed E-state index contributed by atoms with van der Waals surface area (Å²) in [6, 6.07) is 1.96. The summed E-state index contributed by atoms with van der Waals surface area (Å²) < 4.78 is 0. The van der Waals surface area contributed by atoms with E-state index in [0.29, 0.717) is 6.54 Å². The van der Waals surface area contributed by atoms with Crippen molar-refractivity contribution in [1.29, 1.82) is 0 Å². The molecule has 0 aromatic carbocycles. The smallest absolute Gasteiger partial charge is 0.238 e. The zero-order valence-corrected chi connectivity index (χ0v) is 12.0. The molecule has 0 bridgehead atoms. The Kier molecular flexibility index (Phi) is 4.27. The molecule has 1 fully saturated rings. The number of nitrogens with zero attached hydrogens (tertiary/aromatic N) is 1. The lowest BCUT2D eigenvalue weighted by Gasteiger charge is -2.31. The number of carbonyl (C=O) groups excluding carboxylic acids is 1. The van der Waals surface area contributed by atoms with Crippen molar-refractivity contribution in [2.45, 2.75) is 25.3 Å². The van der Waals surface area contributed by atoms with Crippen LogP contribution >= 0.6 is 0 Å². The molecule has 2 heterocycles. The van der Waals surface area contributed by atoms with Crippen molar-refractivity contribution in [3.63, 3.8) is 0 Å². The third-order valence-corrected chi connectivity index (χ3v) is 3.78. The van der Waals surface area contributed by atoms with Gasteiger partial charge in [0.05, 0.1) is 6.04 Å². The van der Waals surface area contributed by atoms with Crippen LogP contribution in [0.3, 0.4) is 0 Å². The number of likely N-dealkylation sites (N-methyl/N-ethyl adjacent to an activating group) is 1. The second kappa shape index (κ2) is 5.75. The summed E-state index contributed by atoms with van der Waals surface area (Å²) in [6.45, 7) is 7.56. The van der Waals surface area contributed by atoms with Gasteiger partial charge >= 0.3 is 0 Å². The van der Waals surface area contributed by atoms with Crippen molar-refractivity contribution in [2.75, 3.05) is 33.2 Å². The fourth-order valence-corrected chi connectivity index (χ4v) is 2.35. The first-order valence-electron chi connectivity index (χ1n) is 6.82. The van der Waals surface area contributed by atoms with E-state index in [9.17, 15) is 4.79 Å². The van der Waals surface area contributed by atoms with Gasteiger partial charge in [-0.3, -0.25) is 4.79 Å². The van der Waals surface area contributed by atoms with Gasteiger partial charge < -0.3 is 20.5 Å². The van der Waals surface area contributed by atoms with Gasteiger partial charge in [-0.1, -0.05) is 13.8 Å². The van der Waals surface area contributed by atoms with Crippen LogP contribution < -0.4 is 10.6 Å². The maximum Gasteiger partial charge on any atom is 0.238 e. The molecule has 1 amide bonds. The van der Waals surface area contributed by atoms with Crippen LogP contribution in [0.5, 0.6) is 0 Å². The van der Waals surface area contributed by atoms with Crippen LogP contribution in [-0.2, 0) is 10.2 Å². The van der Waals surface area contributed by atoms with Crippen LogP contribution in [0, 0.1) is 0 Å². The lowest BCUT2D eigenvalue weighted by atomic mass is 9.86. The van der Waals surface area contributed by atoms with Gasteiger partial charge in [0.25, 0.3) is 0 Å². The van der Waals surface area contributed by atoms with Crippen LogP contribution in [0.1, 0.15) is 19.4 Å². The van der Waals surface area contributed by atoms with E-state index in [1.54, 1.807) is 0 Å². The van der Waals surface area contributed by atoms with Crippen LogP contribution in [-0.4, -0.2) is 55.1 Å². The van der Waals surface area contributed by atoms with Gasteiger partial charge in [-0.15, -0.1) is 0 Å². The second-order valence-electron chi connectivity index (χ2n) is 5.97. The molecular weight excluding hydrogens is 240 g/mol. The summed E-state index contributed by atoms with van der Waals surface area (Å²) in [4.78, 5) is 17.4. The molecule has 0 aliphatic carbocycles. The minimum absolute atomic E-state index is 0.0593. The van der Waals surface area contributed by atoms with Gasteiger partial charge in [-0.2, -0.15) is 0 Å². The van der Waals surface area contributed by atoms with E-state index in [1.807, 2.05) is 19.4 Å². The van der Waals surface area contributed by atoms with Gasteiger partial charge in [-0.25, -0.2) is 0 Å². The SMILES string of the molecule is CN1CCNC(C(=O)NCC(C)(C)c2cc[nH]c2)C1. The van der Waals surface area contributed by atoms with E-state index in [1.165, 1.54) is 5.56 Å². The molecule has 0 saturated carbocycles. The number of nitrogens with one attached hydrogen (secondary N) is 3. The average Bonchev–Trinajstić information content (AvgIpc) is 2.90. The number of carbonyl (C=O) groups is 1. The molecule has 1 aliphatic rings. The summed E-state index contributed by atoms with van der Waals surface area (Å²) in [5, 5.41) is 6.32. The number of piperazine rings is 1. The summed E-state index contributed by atoms with van der Waals surface area (Å²) in [6.07, 6.45) is 3.90. The van der Waals surface area contributed by atoms with Gasteiger partial charge in [0.15, 0.2) is 0 Å². The number of rotatable bonds is 4. The van der Waals surface area contributed by atoms with E-state index < -0.39 is 0 Å². The molecule has 1 atom stereocenters. The molecule has 106 valence electrons. The highest BCUT2D eigenvalue weighted by Crippen LogP contribution is 2.21. The standard InChI is InChI=1S/C14H24N4O/c1-14(2,11-4-5-15-8-11)10-17-13(19)12-9-18(3)7-6-16-12/h4-5,8,12,15-16H,6-7,9-10H2,1-3H3,(H,17,19). The van der Waals surface area contributed by atoms with Crippen LogP contribution in [0.15, 0.2) is 18.5 Å². The van der Waals surface area contributed by atoms with E-state index >= 15 is 0 Å². The quantitative estimate of drug-likeness (QED) is 0.733. The molecule has 1 saturated heterocycles. The van der Waals surface area contributed by atoms with Crippen LogP contribution in [0.25, 0.3) is 0 Å². The first-order chi connectivity index (χ1) is 8.99. The van der Waals surface area contributed by atoms with E-state index in [0.717, 1.165) is 19.6 Å². The number of hydrogen-bond acceptors (Lipinski definition) is 3. The lowest BCUT2D eigenvalue weighted by Crippen LogP contribution is -2.57. The minimum atomic E-state index is -0.0965. The third-order valence-electron chi connectivity index (χ3n) is 3.78. The number of H-pyrrole nitrogens is 1. The Hall–Kier alpha value is -1.33. The monoisotopic (exact) mass is 264 g/mol. The molecule has 0 radical (unpaired) electrons. The molecule has 2 rings (SSSR count). The Morgan fingerprint density at radius 1 is 1.58 bits per heavy atom. The van der Waals surface area contributed by atoms with Crippen molar-refractivity contribution in [2.24, 2.45) is 0 Å². The van der Waals surface area contributed by atoms with Gasteiger partial charge in [0, 0.05) is 44.0 Å². The highest BCUT2D eigenvalue weighted by molar-refractivity contribution is 5.82. The summed E-state index contributed by atoms with van der Waals surface area (Å²) >= 11 is 0. The van der Waals surface area contributed by atoms with E-state index in [4.69, 9.17) is 0 Å². The van der Waals surface area contributed by atoms with Crippen molar-refractivity contribution >= 4 is 5.91 Å². The Morgan fingerprint density at radius 3 is 3.00 bits per heavy atom. The minimum Gasteiger partial charge on any atom is -0.367 e. The summed E-state index contributed by atoms with van der Waals surface area (Å²) in [7, 11) is 2.05. The van der Waals surface area contributed by atoms with Gasteiger partial charge in [0.1, 0.15) is 0 Å². The zero-order chi connectivity index (χ0) is 13.9. The highest BCUT2D eigenvalue weighted by Gasteiger charge is 2.26. The molecule has 0 spiro atoms. The third kappa shape index (κ3) is 3.58. The lowest BCUT2D eigenvalue weighted by molar-refractivity contribution is -0.124. The topological polar surface area (TPSA) is 60.2 Å². The predicted octanol–water partition coefficient (Wildman–Crippen LogP) is 0.312. The molecular formula is C14H24N4O. The Balaban J connectivity index is 1.86. The number of amides is 1. The molecule has 1 unspecified atom stereocenters. The molecule has 3 N–H and O–H groups in total. The van der Waals surface area contributed by atoms with Crippen molar-refractivity contribution in [3.05, 3.63) is 24.0 Å². The van der Waals surface area contributed by atoms with Crippen molar-refractivity contribution < 1.29 is 4.79 Å². The molecule has 5 heteroatoms. The number of aromatic nitrogens is 1. The molecule has 19 heavy (non-hydrogen) atoms. The zero-order valence-electron chi connectivity index (χ0n) is 12.0. The normalized spacial score (nSPS) is 21.3. The first-order valence-corrected chi connectivity index (χ1v) is 6.82. The van der Waals surface area contributed by atoms with Gasteiger partial charge in [0.2, 0.25) is 5.91 Å². The largest absolute Gasteiger partial charge is 0.367 e. The fraction of sp³-hybridized carbons (Fsp3) is 0.643. The fourth-order valence-electron chi connectivity index (χ4n) is 2.35. The Bertz CT molecular complexity index is 413. The first kappa shape index (κ1) is 14.1. The predicted molar refractivity (Wildman–Crippen MR) is 76.1 cm³/mol. The van der Waals surface area contributed by atoms with Crippen molar-refractivity contribution in [3.8, 4) is 0 Å². The highest BCUT2D eigenvalue weighted by atomic mass is 16.2. The number of aromatic amines is 1. The molecule has 1 aromatic rings. The Labute approximate surface area is 114 Å². The Morgan fingerprint density at radius 2 is 2.37 bits per heavy atom. The van der Waals surface area contributed by atoms with E-state index in [-0.39, 0.29) is 17.4 Å². The maximum atomic E-state index is 12.2. The van der Waals surface area contributed by atoms with Crippen molar-refractivity contribution in [1.82, 2.24) is 20.5 Å². The molecule has 1 aliphatic heterocycles. The molecule has 1 aromatic heterocycles. The second-order valence-corrected chi connectivity index (χ2v) is 5.97. The summed E-state index contributed by atoms with van der Waals surface area (Å²) in [5.74, 6) is 0.0927. The van der Waals surface area contributed by atoms with Crippen LogP contribution in [0.4, 0.5) is 0 Å². The average molecular weight is 264 g/mol.